The lowest BCUT2D eigenvalue weighted by Crippen LogP contribution is -2.70. The van der Waals surface area contributed by atoms with Gasteiger partial charge >= 0.3 is 6.03 Å². The molecule has 194 valence electrons. The van der Waals surface area contributed by atoms with Gasteiger partial charge in [0.15, 0.2) is 0 Å². The number of likely N-dealkylation sites (N-methyl/N-ethyl adjacent to an activating group) is 1. The summed E-state index contributed by atoms with van der Waals surface area (Å²) in [6.45, 7) is 4.03. The third-order valence-corrected chi connectivity index (χ3v) is 6.73. The van der Waals surface area contributed by atoms with Crippen LogP contribution in [0.4, 0.5) is 16.6 Å². The fourth-order valence-corrected chi connectivity index (χ4v) is 4.83. The highest BCUT2D eigenvalue weighted by molar-refractivity contribution is 6.12. The second-order valence-electron chi connectivity index (χ2n) is 9.49. The van der Waals surface area contributed by atoms with Crippen molar-refractivity contribution in [2.45, 2.75) is 45.2 Å². The molecule has 0 unspecified atom stereocenters. The van der Waals surface area contributed by atoms with Crippen LogP contribution in [0, 0.1) is 12.8 Å². The molecule has 1 aliphatic heterocycles. The van der Waals surface area contributed by atoms with Gasteiger partial charge in [-0.05, 0) is 43.0 Å². The molecule has 0 aliphatic carbocycles. The van der Waals surface area contributed by atoms with Gasteiger partial charge < -0.3 is 15.6 Å². The Bertz CT molecular complexity index is 1300. The number of benzene rings is 1. The molecule has 1 saturated heterocycles. The zero-order valence-electron chi connectivity index (χ0n) is 21.6. The number of β-lactam (4-membered cyclic amide) rings is 1. The van der Waals surface area contributed by atoms with Gasteiger partial charge in [0.2, 0.25) is 11.9 Å². The molecule has 0 radical (unpaired) electrons. The van der Waals surface area contributed by atoms with E-state index in [4.69, 9.17) is 5.73 Å². The molecule has 0 saturated carbocycles. The molecular formula is C27H33N7O3. The fourth-order valence-electron chi connectivity index (χ4n) is 4.83. The molecule has 3 atom stereocenters. The average molecular weight is 504 g/mol. The molecule has 1 aliphatic rings. The maximum absolute atomic E-state index is 13.7. The molecule has 0 bridgehead atoms. The molecule has 1 aromatic carbocycles. The number of aromatic nitrogens is 3. The highest BCUT2D eigenvalue weighted by atomic mass is 16.2. The van der Waals surface area contributed by atoms with Crippen molar-refractivity contribution in [2.75, 3.05) is 17.7 Å². The predicted molar refractivity (Wildman–Crippen MR) is 140 cm³/mol. The number of aryl methyl sites for hydroxylation is 2. The molecule has 0 spiro atoms. The SMILES string of the molecule is CCC[C@@H](NC(=O)N1C(=O)[C@H](Cc2ccnc(N)c2)[C@H]1C(=O)N(C)c1nccn1C)c1cccc(C)c1. The number of anilines is 2. The fraction of sp³-hybridized carbons (Fsp3) is 0.370. The summed E-state index contributed by atoms with van der Waals surface area (Å²) in [5.41, 5.74) is 8.63. The molecule has 37 heavy (non-hydrogen) atoms. The van der Waals surface area contributed by atoms with Crippen LogP contribution in [0.3, 0.4) is 0 Å². The summed E-state index contributed by atoms with van der Waals surface area (Å²) in [5.74, 6) is -0.767. The second-order valence-corrected chi connectivity index (χ2v) is 9.49. The molecule has 4 amide bonds. The van der Waals surface area contributed by atoms with Gasteiger partial charge in [0.05, 0.1) is 12.0 Å². The molecule has 4 rings (SSSR count). The van der Waals surface area contributed by atoms with Crippen LogP contribution in [0.1, 0.15) is 42.5 Å². The summed E-state index contributed by atoms with van der Waals surface area (Å²) < 4.78 is 1.70. The first-order valence-electron chi connectivity index (χ1n) is 12.4. The van der Waals surface area contributed by atoms with E-state index in [0.29, 0.717) is 18.2 Å². The lowest BCUT2D eigenvalue weighted by Gasteiger charge is -2.45. The van der Waals surface area contributed by atoms with Crippen LogP contribution in [0.25, 0.3) is 0 Å². The van der Waals surface area contributed by atoms with Gasteiger partial charge in [-0.2, -0.15) is 0 Å². The number of hydrogen-bond acceptors (Lipinski definition) is 6. The van der Waals surface area contributed by atoms with E-state index in [0.717, 1.165) is 28.0 Å². The topological polar surface area (TPSA) is 126 Å². The van der Waals surface area contributed by atoms with Crippen molar-refractivity contribution in [3.8, 4) is 0 Å². The summed E-state index contributed by atoms with van der Waals surface area (Å²) in [5, 5.41) is 3.00. The zero-order valence-corrected chi connectivity index (χ0v) is 21.6. The Balaban J connectivity index is 1.61. The Labute approximate surface area is 216 Å². The van der Waals surface area contributed by atoms with Crippen molar-refractivity contribution in [1.29, 1.82) is 0 Å². The third kappa shape index (κ3) is 5.32. The van der Waals surface area contributed by atoms with Crippen LogP contribution in [-0.2, 0) is 23.1 Å². The van der Waals surface area contributed by atoms with Crippen LogP contribution in [0.2, 0.25) is 0 Å². The van der Waals surface area contributed by atoms with E-state index in [1.807, 2.05) is 38.1 Å². The highest BCUT2D eigenvalue weighted by Gasteiger charge is 2.55. The number of pyridine rings is 1. The highest BCUT2D eigenvalue weighted by Crippen LogP contribution is 2.33. The van der Waals surface area contributed by atoms with Gasteiger partial charge in [-0.15, -0.1) is 0 Å². The first-order valence-corrected chi connectivity index (χ1v) is 12.4. The number of urea groups is 1. The first-order chi connectivity index (χ1) is 17.7. The number of nitrogens with zero attached hydrogens (tertiary/aromatic N) is 5. The second kappa shape index (κ2) is 10.8. The molecule has 3 aromatic rings. The minimum atomic E-state index is -0.983. The Morgan fingerprint density at radius 1 is 1.19 bits per heavy atom. The van der Waals surface area contributed by atoms with Crippen LogP contribution in [0.15, 0.2) is 55.0 Å². The van der Waals surface area contributed by atoms with Crippen molar-refractivity contribution in [3.05, 3.63) is 71.7 Å². The molecule has 3 heterocycles. The summed E-state index contributed by atoms with van der Waals surface area (Å²) in [6, 6.07) is 9.50. The Morgan fingerprint density at radius 3 is 2.62 bits per heavy atom. The Morgan fingerprint density at radius 2 is 1.97 bits per heavy atom. The van der Waals surface area contributed by atoms with E-state index < -0.39 is 29.8 Å². The number of amides is 4. The van der Waals surface area contributed by atoms with Crippen molar-refractivity contribution in [2.24, 2.45) is 13.0 Å². The number of rotatable bonds is 8. The Kier molecular flexibility index (Phi) is 7.56. The van der Waals surface area contributed by atoms with Gasteiger partial charge in [0.1, 0.15) is 11.9 Å². The number of likely N-dealkylation sites (tertiary alicyclic amines) is 1. The third-order valence-electron chi connectivity index (χ3n) is 6.73. The number of nitrogens with two attached hydrogens (primary N) is 1. The summed E-state index contributed by atoms with van der Waals surface area (Å²) in [6.07, 6.45) is 6.67. The lowest BCUT2D eigenvalue weighted by atomic mass is 9.81. The quantitative estimate of drug-likeness (QED) is 0.455. The maximum Gasteiger partial charge on any atom is 0.325 e. The molecular weight excluding hydrogens is 470 g/mol. The van der Waals surface area contributed by atoms with Gasteiger partial charge in [0.25, 0.3) is 5.91 Å². The van der Waals surface area contributed by atoms with E-state index in [9.17, 15) is 14.4 Å². The van der Waals surface area contributed by atoms with Crippen LogP contribution in [-0.4, -0.2) is 50.4 Å². The molecule has 10 nitrogen and oxygen atoms in total. The summed E-state index contributed by atoms with van der Waals surface area (Å²) >= 11 is 0. The normalized spacial score (nSPS) is 17.7. The van der Waals surface area contributed by atoms with Gasteiger partial charge in [-0.25, -0.2) is 14.8 Å². The zero-order chi connectivity index (χ0) is 26.7. The lowest BCUT2D eigenvalue weighted by molar-refractivity contribution is -0.156. The molecule has 3 N–H and O–H groups in total. The Hall–Kier alpha value is -4.21. The van der Waals surface area contributed by atoms with Crippen molar-refractivity contribution in [3.63, 3.8) is 0 Å². The van der Waals surface area contributed by atoms with Gasteiger partial charge in [0, 0.05) is 32.7 Å². The number of hydrogen-bond donors (Lipinski definition) is 2. The predicted octanol–water partition coefficient (Wildman–Crippen LogP) is 2.99. The van der Waals surface area contributed by atoms with E-state index in [1.54, 1.807) is 49.4 Å². The van der Waals surface area contributed by atoms with Crippen LogP contribution < -0.4 is 16.0 Å². The first kappa shape index (κ1) is 25.9. The summed E-state index contributed by atoms with van der Waals surface area (Å²) in [7, 11) is 3.37. The number of carbonyl (C=O) groups excluding carboxylic acids is 3. The minimum absolute atomic E-state index is 0.260. The minimum Gasteiger partial charge on any atom is -0.384 e. The summed E-state index contributed by atoms with van der Waals surface area (Å²) in [4.78, 5) is 51.2. The number of nitrogens with one attached hydrogen (secondary N) is 1. The van der Waals surface area contributed by atoms with E-state index >= 15 is 0 Å². The number of carbonyl (C=O) groups is 3. The maximum atomic E-state index is 13.7. The van der Waals surface area contributed by atoms with Crippen LogP contribution in [0.5, 0.6) is 0 Å². The number of nitrogen functional groups attached to an aromatic ring is 1. The van der Waals surface area contributed by atoms with Crippen molar-refractivity contribution < 1.29 is 14.4 Å². The largest absolute Gasteiger partial charge is 0.384 e. The van der Waals surface area contributed by atoms with E-state index in [2.05, 4.69) is 15.3 Å². The van der Waals surface area contributed by atoms with Crippen molar-refractivity contribution >= 4 is 29.6 Å². The monoisotopic (exact) mass is 503 g/mol. The molecule has 10 heteroatoms. The molecule has 2 aromatic heterocycles. The molecule has 1 fully saturated rings. The average Bonchev–Trinajstić information content (AvgIpc) is 3.30. The number of imide groups is 1. The smallest absolute Gasteiger partial charge is 0.325 e. The van der Waals surface area contributed by atoms with E-state index in [-0.39, 0.29) is 12.5 Å². The van der Waals surface area contributed by atoms with E-state index in [1.165, 1.54) is 4.90 Å². The van der Waals surface area contributed by atoms with Crippen LogP contribution >= 0.6 is 0 Å². The number of imidazole rings is 1. The van der Waals surface area contributed by atoms with Crippen molar-refractivity contribution in [1.82, 2.24) is 24.8 Å². The van der Waals surface area contributed by atoms with Gasteiger partial charge in [-0.3, -0.25) is 19.4 Å². The van der Waals surface area contributed by atoms with Gasteiger partial charge in [-0.1, -0.05) is 43.2 Å². The standard InChI is InChI=1S/C27H33N7O3/c1-5-7-21(19-9-6-8-17(2)14-19)31-27(37)34-23(25(36)33(4)26-30-12-13-32(26)3)20(24(34)35)15-18-10-11-29-22(28)16-18/h6,8-14,16,20-21,23H,5,7,15H2,1-4H3,(H2,28,29)(H,31,37)/t20-,21-,23+/m1/s1.